The Morgan fingerprint density at radius 3 is 2.43 bits per heavy atom. The number of aryl methyl sites for hydroxylation is 1. The van der Waals surface area contributed by atoms with E-state index in [0.29, 0.717) is 29.9 Å². The van der Waals surface area contributed by atoms with Crippen molar-refractivity contribution in [2.24, 2.45) is 0 Å². The highest BCUT2D eigenvalue weighted by molar-refractivity contribution is 7.98. The Morgan fingerprint density at radius 2 is 1.83 bits per heavy atom. The molecule has 162 valence electrons. The van der Waals surface area contributed by atoms with E-state index in [9.17, 15) is 12.8 Å². The van der Waals surface area contributed by atoms with Gasteiger partial charge in [0.1, 0.15) is 5.82 Å². The van der Waals surface area contributed by atoms with Crippen LogP contribution in [0.2, 0.25) is 0 Å². The zero-order valence-electron chi connectivity index (χ0n) is 18.0. The van der Waals surface area contributed by atoms with E-state index in [1.807, 2.05) is 26.0 Å². The number of benzene rings is 2. The van der Waals surface area contributed by atoms with Gasteiger partial charge < -0.3 is 4.57 Å². The van der Waals surface area contributed by atoms with Gasteiger partial charge in [0.15, 0.2) is 5.16 Å². The number of fused-ring (bicyclic) bond motifs is 1. The second kappa shape index (κ2) is 9.08. The standard InChI is InChI=1S/C22H28FN3O2S2/c1-6-25(7-2)30(27,28)18-10-11-21-20(13-18)24-22(26(21)15(3)4)29-14-17-9-8-16(5)19(23)12-17/h8-13,15H,6-7,14H2,1-5H3. The normalized spacial score (nSPS) is 12.4. The summed E-state index contributed by atoms with van der Waals surface area (Å²) in [6, 6.07) is 10.5. The average molecular weight is 450 g/mol. The first-order valence-corrected chi connectivity index (χ1v) is 12.5. The Kier molecular flexibility index (Phi) is 6.89. The number of hydrogen-bond donors (Lipinski definition) is 0. The molecule has 0 spiro atoms. The fourth-order valence-corrected chi connectivity index (χ4v) is 5.97. The van der Waals surface area contributed by atoms with Crippen LogP contribution in [0.4, 0.5) is 4.39 Å². The average Bonchev–Trinajstić information content (AvgIpc) is 3.07. The summed E-state index contributed by atoms with van der Waals surface area (Å²) in [4.78, 5) is 4.98. The molecule has 0 radical (unpaired) electrons. The maximum atomic E-state index is 13.9. The van der Waals surface area contributed by atoms with E-state index in [4.69, 9.17) is 4.98 Å². The van der Waals surface area contributed by atoms with Crippen molar-refractivity contribution < 1.29 is 12.8 Å². The van der Waals surface area contributed by atoms with Crippen LogP contribution in [0.25, 0.3) is 11.0 Å². The number of thioether (sulfide) groups is 1. The molecule has 30 heavy (non-hydrogen) atoms. The van der Waals surface area contributed by atoms with Crippen molar-refractivity contribution in [2.45, 2.75) is 56.5 Å². The highest BCUT2D eigenvalue weighted by atomic mass is 32.2. The Bertz CT molecular complexity index is 1150. The number of sulfonamides is 1. The SMILES string of the molecule is CCN(CC)S(=O)(=O)c1ccc2c(c1)nc(SCc1ccc(C)c(F)c1)n2C(C)C. The lowest BCUT2D eigenvalue weighted by Gasteiger charge is -2.18. The van der Waals surface area contributed by atoms with Crippen molar-refractivity contribution in [1.29, 1.82) is 0 Å². The van der Waals surface area contributed by atoms with Crippen LogP contribution in [0.5, 0.6) is 0 Å². The number of nitrogens with zero attached hydrogens (tertiary/aromatic N) is 3. The molecule has 0 fully saturated rings. The molecule has 0 aliphatic heterocycles. The molecule has 0 amide bonds. The van der Waals surface area contributed by atoms with E-state index < -0.39 is 10.0 Å². The predicted molar refractivity (Wildman–Crippen MR) is 121 cm³/mol. The second-order valence-electron chi connectivity index (χ2n) is 7.47. The van der Waals surface area contributed by atoms with E-state index >= 15 is 0 Å². The summed E-state index contributed by atoms with van der Waals surface area (Å²) in [5.41, 5.74) is 3.05. The van der Waals surface area contributed by atoms with Gasteiger partial charge in [0.05, 0.1) is 15.9 Å². The molecule has 0 N–H and O–H groups in total. The third kappa shape index (κ3) is 4.40. The van der Waals surface area contributed by atoms with E-state index in [2.05, 4.69) is 18.4 Å². The Morgan fingerprint density at radius 1 is 1.13 bits per heavy atom. The highest BCUT2D eigenvalue weighted by Crippen LogP contribution is 2.31. The van der Waals surface area contributed by atoms with Crippen LogP contribution in [0.15, 0.2) is 46.5 Å². The molecule has 0 saturated carbocycles. The van der Waals surface area contributed by atoms with Gasteiger partial charge in [0.25, 0.3) is 0 Å². The van der Waals surface area contributed by atoms with E-state index in [-0.39, 0.29) is 16.8 Å². The third-order valence-corrected chi connectivity index (χ3v) is 8.16. The number of halogens is 1. The zero-order chi connectivity index (χ0) is 22.1. The monoisotopic (exact) mass is 449 g/mol. The van der Waals surface area contributed by atoms with Crippen LogP contribution in [-0.2, 0) is 15.8 Å². The Hall–Kier alpha value is -1.90. The number of imidazole rings is 1. The van der Waals surface area contributed by atoms with Gasteiger partial charge in [-0.25, -0.2) is 17.8 Å². The minimum absolute atomic E-state index is 0.150. The summed E-state index contributed by atoms with van der Waals surface area (Å²) < 4.78 is 43.2. The number of hydrogen-bond acceptors (Lipinski definition) is 4. The molecule has 1 aromatic heterocycles. The van der Waals surface area contributed by atoms with Gasteiger partial charge >= 0.3 is 0 Å². The summed E-state index contributed by atoms with van der Waals surface area (Å²) in [5, 5.41) is 0.790. The lowest BCUT2D eigenvalue weighted by atomic mass is 10.2. The summed E-state index contributed by atoms with van der Waals surface area (Å²) in [6.45, 7) is 10.4. The molecule has 0 atom stereocenters. The van der Waals surface area contributed by atoms with E-state index in [1.54, 1.807) is 31.2 Å². The fraction of sp³-hybridized carbons (Fsp3) is 0.409. The van der Waals surface area contributed by atoms with Gasteiger partial charge in [-0.1, -0.05) is 37.7 Å². The molecule has 0 saturated heterocycles. The molecule has 2 aromatic carbocycles. The first kappa shape index (κ1) is 22.8. The molecule has 0 unspecified atom stereocenters. The molecule has 1 heterocycles. The molecule has 0 aliphatic rings. The molecule has 3 aromatic rings. The van der Waals surface area contributed by atoms with Crippen LogP contribution in [-0.4, -0.2) is 35.4 Å². The second-order valence-corrected chi connectivity index (χ2v) is 10.4. The summed E-state index contributed by atoms with van der Waals surface area (Å²) in [5.74, 6) is 0.370. The van der Waals surface area contributed by atoms with Crippen LogP contribution in [0.1, 0.15) is 44.9 Å². The van der Waals surface area contributed by atoms with Crippen molar-refractivity contribution in [3.8, 4) is 0 Å². The minimum atomic E-state index is -3.55. The third-order valence-electron chi connectivity index (χ3n) is 5.09. The van der Waals surface area contributed by atoms with Crippen molar-refractivity contribution in [3.63, 3.8) is 0 Å². The van der Waals surface area contributed by atoms with Crippen molar-refractivity contribution in [2.75, 3.05) is 13.1 Å². The van der Waals surface area contributed by atoms with Crippen LogP contribution < -0.4 is 0 Å². The zero-order valence-corrected chi connectivity index (χ0v) is 19.6. The molecular formula is C22H28FN3O2S2. The number of aromatic nitrogens is 2. The maximum Gasteiger partial charge on any atom is 0.243 e. The van der Waals surface area contributed by atoms with Crippen molar-refractivity contribution in [3.05, 3.63) is 53.3 Å². The van der Waals surface area contributed by atoms with E-state index in [1.165, 1.54) is 16.1 Å². The van der Waals surface area contributed by atoms with Gasteiger partial charge in [0.2, 0.25) is 10.0 Å². The number of rotatable bonds is 8. The van der Waals surface area contributed by atoms with Gasteiger partial charge in [-0.05, 0) is 56.2 Å². The molecule has 0 bridgehead atoms. The van der Waals surface area contributed by atoms with Crippen molar-refractivity contribution in [1.82, 2.24) is 13.9 Å². The molecule has 8 heteroatoms. The maximum absolute atomic E-state index is 13.9. The Labute approximate surface area is 182 Å². The summed E-state index contributed by atoms with van der Waals surface area (Å²) in [7, 11) is -3.55. The topological polar surface area (TPSA) is 55.2 Å². The predicted octanol–water partition coefficient (Wildman–Crippen LogP) is 5.39. The lowest BCUT2D eigenvalue weighted by Crippen LogP contribution is -2.30. The lowest BCUT2D eigenvalue weighted by molar-refractivity contribution is 0.445. The van der Waals surface area contributed by atoms with Gasteiger partial charge in [0, 0.05) is 24.9 Å². The minimum Gasteiger partial charge on any atom is -0.316 e. The molecule has 5 nitrogen and oxygen atoms in total. The largest absolute Gasteiger partial charge is 0.316 e. The van der Waals surface area contributed by atoms with Gasteiger partial charge in [-0.2, -0.15) is 4.31 Å². The fourth-order valence-electron chi connectivity index (χ4n) is 3.40. The van der Waals surface area contributed by atoms with Gasteiger partial charge in [-0.3, -0.25) is 0 Å². The first-order valence-electron chi connectivity index (χ1n) is 10.1. The molecule has 3 rings (SSSR count). The first-order chi connectivity index (χ1) is 14.2. The summed E-state index contributed by atoms with van der Waals surface area (Å²) in [6.07, 6.45) is 0. The van der Waals surface area contributed by atoms with Gasteiger partial charge in [-0.15, -0.1) is 0 Å². The highest BCUT2D eigenvalue weighted by Gasteiger charge is 2.23. The molecular weight excluding hydrogens is 421 g/mol. The Balaban J connectivity index is 1.98. The van der Waals surface area contributed by atoms with Crippen LogP contribution >= 0.6 is 11.8 Å². The summed E-state index contributed by atoms with van der Waals surface area (Å²) >= 11 is 1.52. The van der Waals surface area contributed by atoms with Crippen molar-refractivity contribution >= 4 is 32.8 Å². The van der Waals surface area contributed by atoms with Crippen LogP contribution in [0, 0.1) is 12.7 Å². The van der Waals surface area contributed by atoms with Crippen LogP contribution in [0.3, 0.4) is 0 Å². The smallest absolute Gasteiger partial charge is 0.243 e. The van der Waals surface area contributed by atoms with E-state index in [0.717, 1.165) is 16.2 Å². The quantitative estimate of drug-likeness (QED) is 0.433. The molecule has 0 aliphatic carbocycles.